The first-order valence-electron chi connectivity index (χ1n) is 2.24. The Morgan fingerprint density at radius 3 is 2.86 bits per heavy atom. The number of rotatable bonds is 0. The Morgan fingerprint density at radius 1 is 1.71 bits per heavy atom. The van der Waals surface area contributed by atoms with Crippen LogP contribution in [-0.2, 0) is 0 Å². The average Bonchev–Trinajstić information content (AvgIpc) is 1.69. The highest BCUT2D eigenvalue weighted by molar-refractivity contribution is 5.72. The third-order valence-electron chi connectivity index (χ3n) is 0.817. The van der Waals surface area contributed by atoms with Crippen molar-refractivity contribution in [1.82, 2.24) is 0 Å². The zero-order valence-electron chi connectivity index (χ0n) is 3.91. The number of allylic oxidation sites excluding steroid dienone is 1. The van der Waals surface area contributed by atoms with E-state index in [-0.39, 0.29) is 6.10 Å². The van der Waals surface area contributed by atoms with Gasteiger partial charge in [0.25, 0.3) is 0 Å². The molecule has 0 bridgehead atoms. The molecule has 0 aliphatic carbocycles. The van der Waals surface area contributed by atoms with Crippen LogP contribution in [0, 0.1) is 0 Å². The first-order valence-corrected chi connectivity index (χ1v) is 2.24. The number of nitrogens with zero attached hydrogens (tertiary/aromatic N) is 1. The Hall–Kier alpha value is -0.630. The van der Waals surface area contributed by atoms with Crippen LogP contribution < -0.4 is 0 Å². The van der Waals surface area contributed by atoms with Gasteiger partial charge in [-0.05, 0) is 6.08 Å². The van der Waals surface area contributed by atoms with Crippen molar-refractivity contribution < 1.29 is 5.11 Å². The largest absolute Gasteiger partial charge is 0.387 e. The average molecular weight is 97.1 g/mol. The number of aliphatic hydroxyl groups is 1. The van der Waals surface area contributed by atoms with Gasteiger partial charge in [-0.3, -0.25) is 4.99 Å². The van der Waals surface area contributed by atoms with Crippen molar-refractivity contribution >= 4 is 6.21 Å². The van der Waals surface area contributed by atoms with E-state index in [4.69, 9.17) is 5.11 Å². The highest BCUT2D eigenvalue weighted by Crippen LogP contribution is 1.90. The molecule has 1 aliphatic rings. The van der Waals surface area contributed by atoms with Gasteiger partial charge in [0.1, 0.15) is 0 Å². The molecule has 0 radical (unpaired) electrons. The zero-order valence-corrected chi connectivity index (χ0v) is 3.91. The molecule has 2 nitrogen and oxygen atoms in total. The fourth-order valence-electron chi connectivity index (χ4n) is 0.469. The monoisotopic (exact) mass is 97.1 g/mol. The van der Waals surface area contributed by atoms with Crippen LogP contribution in [0.5, 0.6) is 0 Å². The molecule has 0 spiro atoms. The predicted octanol–water partition coefficient (Wildman–Crippen LogP) is -0.0121. The molecule has 38 valence electrons. The second kappa shape index (κ2) is 1.89. The van der Waals surface area contributed by atoms with Gasteiger partial charge in [0.15, 0.2) is 0 Å². The molecule has 1 rings (SSSR count). The van der Waals surface area contributed by atoms with Gasteiger partial charge in [0, 0.05) is 6.21 Å². The summed E-state index contributed by atoms with van der Waals surface area (Å²) in [5, 5.41) is 8.71. The Labute approximate surface area is 42.2 Å². The summed E-state index contributed by atoms with van der Waals surface area (Å²) in [4.78, 5) is 3.80. The van der Waals surface area contributed by atoms with Crippen molar-refractivity contribution in [3.05, 3.63) is 12.2 Å². The number of hydrogen-bond acceptors (Lipinski definition) is 2. The van der Waals surface area contributed by atoms with Crippen LogP contribution in [0.4, 0.5) is 0 Å². The van der Waals surface area contributed by atoms with E-state index in [1.165, 1.54) is 0 Å². The van der Waals surface area contributed by atoms with Crippen molar-refractivity contribution in [2.24, 2.45) is 4.99 Å². The minimum atomic E-state index is -0.343. The molecule has 0 unspecified atom stereocenters. The van der Waals surface area contributed by atoms with Crippen LogP contribution in [0.15, 0.2) is 17.1 Å². The second-order valence-corrected chi connectivity index (χ2v) is 1.47. The third-order valence-corrected chi connectivity index (χ3v) is 0.817. The van der Waals surface area contributed by atoms with Crippen LogP contribution in [0.2, 0.25) is 0 Å². The molecule has 1 aliphatic heterocycles. The van der Waals surface area contributed by atoms with Crippen molar-refractivity contribution in [2.45, 2.75) is 6.10 Å². The maximum Gasteiger partial charge on any atom is 0.0919 e. The summed E-state index contributed by atoms with van der Waals surface area (Å²) in [7, 11) is 0. The highest BCUT2D eigenvalue weighted by Gasteiger charge is 1.95. The first-order chi connectivity index (χ1) is 3.39. The van der Waals surface area contributed by atoms with Crippen LogP contribution in [0.1, 0.15) is 0 Å². The molecule has 0 fully saturated rings. The topological polar surface area (TPSA) is 32.6 Å². The Kier molecular flexibility index (Phi) is 1.22. The van der Waals surface area contributed by atoms with Gasteiger partial charge in [-0.25, -0.2) is 0 Å². The van der Waals surface area contributed by atoms with Crippen LogP contribution in [0.3, 0.4) is 0 Å². The van der Waals surface area contributed by atoms with Gasteiger partial charge < -0.3 is 5.11 Å². The van der Waals surface area contributed by atoms with Crippen LogP contribution in [0.25, 0.3) is 0 Å². The summed E-state index contributed by atoms with van der Waals surface area (Å²) in [6.07, 6.45) is 4.80. The van der Waals surface area contributed by atoms with E-state index in [2.05, 4.69) is 4.99 Å². The number of aliphatic hydroxyl groups excluding tert-OH is 1. The first kappa shape index (κ1) is 4.53. The molecule has 0 saturated heterocycles. The van der Waals surface area contributed by atoms with E-state index >= 15 is 0 Å². The second-order valence-electron chi connectivity index (χ2n) is 1.47. The minimum absolute atomic E-state index is 0.343. The molecule has 0 aromatic carbocycles. The van der Waals surface area contributed by atoms with Crippen molar-refractivity contribution in [3.8, 4) is 0 Å². The molecule has 0 aromatic heterocycles. The summed E-state index contributed by atoms with van der Waals surface area (Å²) in [6.45, 7) is 0.524. The van der Waals surface area contributed by atoms with E-state index in [1.54, 1.807) is 18.4 Å². The lowest BCUT2D eigenvalue weighted by Crippen LogP contribution is -2.08. The Morgan fingerprint density at radius 2 is 2.57 bits per heavy atom. The molecular weight excluding hydrogens is 90.1 g/mol. The van der Waals surface area contributed by atoms with Gasteiger partial charge in [0.05, 0.1) is 12.6 Å². The summed E-state index contributed by atoms with van der Waals surface area (Å²) in [6, 6.07) is 0. The normalized spacial score (nSPS) is 28.4. The van der Waals surface area contributed by atoms with E-state index in [0.717, 1.165) is 0 Å². The van der Waals surface area contributed by atoms with Crippen molar-refractivity contribution in [2.75, 3.05) is 6.54 Å². The summed E-state index contributed by atoms with van der Waals surface area (Å²) >= 11 is 0. The molecule has 1 N–H and O–H groups in total. The quantitative estimate of drug-likeness (QED) is 0.453. The van der Waals surface area contributed by atoms with E-state index < -0.39 is 0 Å². The number of dihydropyridines is 1. The van der Waals surface area contributed by atoms with Gasteiger partial charge >= 0.3 is 0 Å². The fourth-order valence-corrected chi connectivity index (χ4v) is 0.469. The van der Waals surface area contributed by atoms with Gasteiger partial charge in [-0.2, -0.15) is 0 Å². The van der Waals surface area contributed by atoms with Crippen molar-refractivity contribution in [3.63, 3.8) is 0 Å². The van der Waals surface area contributed by atoms with Crippen molar-refractivity contribution in [1.29, 1.82) is 0 Å². The summed E-state index contributed by atoms with van der Waals surface area (Å²) in [5.74, 6) is 0. The van der Waals surface area contributed by atoms with Gasteiger partial charge in [-0.15, -0.1) is 0 Å². The van der Waals surface area contributed by atoms with E-state index in [0.29, 0.717) is 6.54 Å². The maximum atomic E-state index is 8.71. The lowest BCUT2D eigenvalue weighted by Gasteiger charge is -2.01. The SMILES string of the molecule is O[C@H]1C=CC=NC1. The standard InChI is InChI=1S/C5H7NO/c7-5-2-1-3-6-4-5/h1-3,5,7H,4H2/t5-/m0/s1. The number of hydrogen-bond donors (Lipinski definition) is 1. The lowest BCUT2D eigenvalue weighted by molar-refractivity contribution is 0.231. The summed E-state index contributed by atoms with van der Waals surface area (Å²) < 4.78 is 0. The van der Waals surface area contributed by atoms with E-state index in [1.807, 2.05) is 0 Å². The van der Waals surface area contributed by atoms with Crippen LogP contribution in [-0.4, -0.2) is 24.0 Å². The number of aliphatic imine (C=N–C) groups is 1. The highest BCUT2D eigenvalue weighted by atomic mass is 16.3. The molecule has 7 heavy (non-hydrogen) atoms. The van der Waals surface area contributed by atoms with E-state index in [9.17, 15) is 0 Å². The molecule has 0 amide bonds. The molecule has 1 atom stereocenters. The molecule has 2 heteroatoms. The van der Waals surface area contributed by atoms with Crippen LogP contribution >= 0.6 is 0 Å². The maximum absolute atomic E-state index is 8.71. The lowest BCUT2D eigenvalue weighted by atomic mass is 10.3. The molecule has 0 saturated carbocycles. The Balaban J connectivity index is 2.49. The zero-order chi connectivity index (χ0) is 5.11. The Bertz CT molecular complexity index is 107. The smallest absolute Gasteiger partial charge is 0.0919 e. The fraction of sp³-hybridized carbons (Fsp3) is 0.400. The minimum Gasteiger partial charge on any atom is -0.387 e. The predicted molar refractivity (Wildman–Crippen MR) is 28.5 cm³/mol. The third kappa shape index (κ3) is 1.12. The molecule has 1 heterocycles. The molecular formula is C5H7NO. The van der Waals surface area contributed by atoms with Gasteiger partial charge in [0.2, 0.25) is 0 Å². The molecule has 0 aromatic rings. The van der Waals surface area contributed by atoms with Gasteiger partial charge in [-0.1, -0.05) is 6.08 Å². The summed E-state index contributed by atoms with van der Waals surface area (Å²) in [5.41, 5.74) is 0.